The van der Waals surface area contributed by atoms with E-state index in [2.05, 4.69) is 63.3 Å². The van der Waals surface area contributed by atoms with Crippen LogP contribution in [0.4, 0.5) is 22.2 Å². The minimum absolute atomic E-state index is 0.0527. The standard InChI is InChI=1S/C34H47N7O3SSi/c1-23(2)46(24(3)4,25(5)6)19-16-26-20-30(41-33(42)40(9)22-34(41)17-10-11-18-34)37-31-29(26)21-35-32(38-31)36-27-12-14-28(15-13-27)45(43,44)39(7)8/h12-15,20-21,23-25H,10-11,17-18,22H2,1-9H3,(H,35,36,37,38). The molecule has 3 heterocycles. The monoisotopic (exact) mass is 661 g/mol. The highest BCUT2D eigenvalue weighted by Gasteiger charge is 2.51. The molecule has 0 atom stereocenters. The molecule has 5 rings (SSSR count). The summed E-state index contributed by atoms with van der Waals surface area (Å²) in [5.41, 5.74) is 6.82. The Kier molecular flexibility index (Phi) is 9.25. The van der Waals surface area contributed by atoms with Crippen LogP contribution in [-0.2, 0) is 10.0 Å². The summed E-state index contributed by atoms with van der Waals surface area (Å²) in [7, 11) is -0.740. The quantitative estimate of drug-likeness (QED) is 0.209. The zero-order valence-corrected chi connectivity index (χ0v) is 30.4. The number of rotatable bonds is 8. The average molecular weight is 662 g/mol. The number of urea groups is 1. The first-order chi connectivity index (χ1) is 21.6. The molecule has 1 aliphatic heterocycles. The lowest BCUT2D eigenvalue weighted by molar-refractivity contribution is 0.229. The highest BCUT2D eigenvalue weighted by Crippen LogP contribution is 2.44. The van der Waals surface area contributed by atoms with E-state index in [9.17, 15) is 13.2 Å². The highest BCUT2D eigenvalue weighted by atomic mass is 32.2. The molecule has 2 fully saturated rings. The summed E-state index contributed by atoms with van der Waals surface area (Å²) in [6, 6.07) is 8.37. The molecule has 2 aromatic heterocycles. The van der Waals surface area contributed by atoms with Crippen molar-refractivity contribution < 1.29 is 13.2 Å². The molecule has 12 heteroatoms. The molecule has 0 unspecified atom stereocenters. The van der Waals surface area contributed by atoms with Crippen molar-refractivity contribution in [1.29, 1.82) is 0 Å². The summed E-state index contributed by atoms with van der Waals surface area (Å²) in [6.07, 6.45) is 5.76. The van der Waals surface area contributed by atoms with Crippen LogP contribution >= 0.6 is 0 Å². The molecule has 46 heavy (non-hydrogen) atoms. The van der Waals surface area contributed by atoms with Gasteiger partial charge in [0.2, 0.25) is 16.0 Å². The minimum Gasteiger partial charge on any atom is -0.325 e. The minimum atomic E-state index is -3.55. The van der Waals surface area contributed by atoms with Gasteiger partial charge in [-0.1, -0.05) is 60.3 Å². The number of pyridine rings is 1. The fourth-order valence-corrected chi connectivity index (χ4v) is 13.8. The highest BCUT2D eigenvalue weighted by molar-refractivity contribution is 7.89. The predicted octanol–water partition coefficient (Wildman–Crippen LogP) is 6.77. The van der Waals surface area contributed by atoms with Crippen molar-refractivity contribution in [3.8, 4) is 11.5 Å². The Morgan fingerprint density at radius 2 is 1.59 bits per heavy atom. The summed E-state index contributed by atoms with van der Waals surface area (Å²) in [5, 5.41) is 3.92. The van der Waals surface area contributed by atoms with Crippen LogP contribution in [0.15, 0.2) is 41.4 Å². The smallest absolute Gasteiger partial charge is 0.325 e. The van der Waals surface area contributed by atoms with Gasteiger partial charge < -0.3 is 10.2 Å². The second-order valence-electron chi connectivity index (χ2n) is 13.9. The van der Waals surface area contributed by atoms with Crippen molar-refractivity contribution >= 4 is 52.6 Å². The van der Waals surface area contributed by atoms with E-state index in [1.165, 1.54) is 18.4 Å². The third-order valence-electron chi connectivity index (χ3n) is 10.0. The van der Waals surface area contributed by atoms with E-state index in [0.29, 0.717) is 46.3 Å². The van der Waals surface area contributed by atoms with Crippen LogP contribution in [0.1, 0.15) is 72.8 Å². The maximum atomic E-state index is 13.6. The number of hydrogen-bond acceptors (Lipinski definition) is 7. The van der Waals surface area contributed by atoms with Gasteiger partial charge in [-0.25, -0.2) is 27.5 Å². The Morgan fingerprint density at radius 3 is 2.15 bits per heavy atom. The van der Waals surface area contributed by atoms with Gasteiger partial charge in [-0.2, -0.15) is 4.98 Å². The number of carbonyl (C=O) groups is 1. The topological polar surface area (TPSA) is 112 Å². The number of amides is 2. The Labute approximate surface area is 275 Å². The van der Waals surface area contributed by atoms with Crippen molar-refractivity contribution in [3.05, 3.63) is 42.1 Å². The number of nitrogens with zero attached hydrogens (tertiary/aromatic N) is 6. The van der Waals surface area contributed by atoms with Crippen LogP contribution in [0.3, 0.4) is 0 Å². The van der Waals surface area contributed by atoms with Crippen molar-refractivity contribution in [2.75, 3.05) is 37.9 Å². The number of benzene rings is 1. The normalized spacial score (nSPS) is 16.8. The van der Waals surface area contributed by atoms with Crippen LogP contribution in [0.25, 0.3) is 11.0 Å². The molecule has 1 spiro atoms. The van der Waals surface area contributed by atoms with E-state index in [0.717, 1.165) is 36.6 Å². The molecule has 1 saturated carbocycles. The predicted molar refractivity (Wildman–Crippen MR) is 188 cm³/mol. The van der Waals surface area contributed by atoms with Crippen molar-refractivity contribution in [3.63, 3.8) is 0 Å². The Hall–Kier alpha value is -3.53. The first-order valence-corrected chi connectivity index (χ1v) is 19.9. The van der Waals surface area contributed by atoms with E-state index < -0.39 is 18.1 Å². The van der Waals surface area contributed by atoms with Gasteiger partial charge in [-0.3, -0.25) is 4.90 Å². The van der Waals surface area contributed by atoms with Gasteiger partial charge in [0.05, 0.1) is 15.8 Å². The van der Waals surface area contributed by atoms with E-state index in [-0.39, 0.29) is 16.5 Å². The fourth-order valence-electron chi connectivity index (χ4n) is 7.64. The van der Waals surface area contributed by atoms with Crippen LogP contribution in [-0.4, -0.2) is 79.9 Å². The number of hydrogen-bond donors (Lipinski definition) is 1. The number of sulfonamides is 1. The molecule has 2 amide bonds. The van der Waals surface area contributed by atoms with Crippen molar-refractivity contribution in [2.24, 2.45) is 0 Å². The summed E-state index contributed by atoms with van der Waals surface area (Å²) in [4.78, 5) is 31.9. The van der Waals surface area contributed by atoms with Crippen LogP contribution < -0.4 is 10.2 Å². The molecule has 0 radical (unpaired) electrons. The van der Waals surface area contributed by atoms with E-state index in [4.69, 9.17) is 9.97 Å². The van der Waals surface area contributed by atoms with Crippen molar-refractivity contribution in [1.82, 2.24) is 24.2 Å². The second kappa shape index (κ2) is 12.6. The zero-order chi connectivity index (χ0) is 33.6. The average Bonchev–Trinajstić information content (AvgIpc) is 3.55. The number of nitrogens with one attached hydrogen (secondary N) is 1. The molecular formula is C34H47N7O3SSi. The first kappa shape index (κ1) is 33.8. The van der Waals surface area contributed by atoms with Gasteiger partial charge in [0.15, 0.2) is 5.65 Å². The Balaban J connectivity index is 1.63. The third-order valence-corrected chi connectivity index (χ3v) is 18.1. The lowest BCUT2D eigenvalue weighted by Gasteiger charge is -2.38. The van der Waals surface area contributed by atoms with Gasteiger partial charge in [-0.15, -0.1) is 5.54 Å². The fraction of sp³-hybridized carbons (Fsp3) is 0.529. The lowest BCUT2D eigenvalue weighted by Crippen LogP contribution is -2.45. The number of fused-ring (bicyclic) bond motifs is 1. The van der Waals surface area contributed by atoms with Gasteiger partial charge in [0.1, 0.15) is 13.9 Å². The van der Waals surface area contributed by atoms with E-state index in [1.54, 1.807) is 35.4 Å². The molecule has 1 N–H and O–H groups in total. The summed E-state index contributed by atoms with van der Waals surface area (Å²) < 4.78 is 26.2. The lowest BCUT2D eigenvalue weighted by atomic mass is 9.96. The summed E-state index contributed by atoms with van der Waals surface area (Å²) in [5.74, 6) is 4.48. The van der Waals surface area contributed by atoms with Crippen LogP contribution in [0, 0.1) is 11.5 Å². The number of aromatic nitrogens is 3. The third kappa shape index (κ3) is 5.89. The van der Waals surface area contributed by atoms with E-state index >= 15 is 0 Å². The summed E-state index contributed by atoms with van der Waals surface area (Å²) >= 11 is 0. The Morgan fingerprint density at radius 1 is 0.978 bits per heavy atom. The van der Waals surface area contributed by atoms with Gasteiger partial charge in [-0.05, 0) is 59.8 Å². The van der Waals surface area contributed by atoms with Crippen LogP contribution in [0.5, 0.6) is 0 Å². The molecular weight excluding hydrogens is 615 g/mol. The largest absolute Gasteiger partial charge is 0.326 e. The molecule has 1 aliphatic carbocycles. The zero-order valence-electron chi connectivity index (χ0n) is 28.5. The molecule has 1 saturated heterocycles. The molecule has 246 valence electrons. The molecule has 10 nitrogen and oxygen atoms in total. The molecule has 0 bridgehead atoms. The summed E-state index contributed by atoms with van der Waals surface area (Å²) in [6.45, 7) is 14.4. The second-order valence-corrected chi connectivity index (χ2v) is 21.7. The van der Waals surface area contributed by atoms with Crippen LogP contribution in [0.2, 0.25) is 16.6 Å². The number of anilines is 3. The number of likely N-dealkylation sites (N-methyl/N-ethyl adjacent to an activating group) is 1. The van der Waals surface area contributed by atoms with E-state index in [1.807, 2.05) is 18.0 Å². The van der Waals surface area contributed by atoms with Gasteiger partial charge >= 0.3 is 6.03 Å². The molecule has 3 aromatic rings. The molecule has 1 aromatic carbocycles. The van der Waals surface area contributed by atoms with Crippen molar-refractivity contribution in [2.45, 2.75) is 94.3 Å². The SMILES string of the molecule is CC(C)[Si](C#Cc1cc(N2C(=O)N(C)CC23CCCC3)nc2nc(Nc3ccc(S(=O)(=O)N(C)C)cc3)ncc12)(C(C)C)C(C)C. The maximum absolute atomic E-state index is 13.6. The number of carbonyl (C=O) groups excluding carboxylic acids is 1. The molecule has 2 aliphatic rings. The van der Waals surface area contributed by atoms with Gasteiger partial charge in [0, 0.05) is 45.1 Å². The maximum Gasteiger partial charge on any atom is 0.326 e. The Bertz CT molecular complexity index is 1770. The van der Waals surface area contributed by atoms with Gasteiger partial charge in [0.25, 0.3) is 0 Å². The first-order valence-electron chi connectivity index (χ1n) is 16.2.